The van der Waals surface area contributed by atoms with Gasteiger partial charge in [0.1, 0.15) is 0 Å². The largest absolute Gasteiger partial charge is 0.385 e. The molecule has 2 heterocycles. The molecule has 0 aromatic carbocycles. The molecule has 2 aromatic rings. The Labute approximate surface area is 121 Å². The Hall–Kier alpha value is -1.73. The number of hydrogen-bond donors (Lipinski definition) is 1. The van der Waals surface area contributed by atoms with Gasteiger partial charge in [0.2, 0.25) is 17.6 Å². The molecule has 0 saturated heterocycles. The van der Waals surface area contributed by atoms with Crippen LogP contribution < -0.4 is 5.32 Å². The predicted octanol–water partition coefficient (Wildman–Crippen LogP) is 1.88. The van der Waals surface area contributed by atoms with Crippen molar-refractivity contribution in [2.45, 2.75) is 19.3 Å². The molecule has 108 valence electrons. The molecule has 1 N–H and O–H groups in total. The van der Waals surface area contributed by atoms with Gasteiger partial charge in [-0.1, -0.05) is 5.16 Å². The van der Waals surface area contributed by atoms with Crippen molar-refractivity contribution in [1.82, 2.24) is 15.5 Å². The van der Waals surface area contributed by atoms with E-state index in [-0.39, 0.29) is 5.91 Å². The molecule has 0 bridgehead atoms. The molecule has 2 rings (SSSR count). The summed E-state index contributed by atoms with van der Waals surface area (Å²) in [5.41, 5.74) is 0.939. The first-order valence-corrected chi connectivity index (χ1v) is 7.34. The molecule has 0 unspecified atom stereocenters. The number of thiophene rings is 1. The number of rotatable bonds is 8. The summed E-state index contributed by atoms with van der Waals surface area (Å²) in [4.78, 5) is 15.8. The third kappa shape index (κ3) is 4.43. The fourth-order valence-corrected chi connectivity index (χ4v) is 2.25. The van der Waals surface area contributed by atoms with Crippen LogP contribution in [0.25, 0.3) is 11.4 Å². The summed E-state index contributed by atoms with van der Waals surface area (Å²) in [6, 6.07) is 1.93. The van der Waals surface area contributed by atoms with Crippen LogP contribution >= 0.6 is 11.3 Å². The molecule has 2 aromatic heterocycles. The summed E-state index contributed by atoms with van der Waals surface area (Å²) in [5.74, 6) is 1.04. The Morgan fingerprint density at radius 2 is 2.45 bits per heavy atom. The molecule has 0 atom stereocenters. The summed E-state index contributed by atoms with van der Waals surface area (Å²) in [5, 5.41) is 10.6. The van der Waals surface area contributed by atoms with Gasteiger partial charge in [0, 0.05) is 44.0 Å². The lowest BCUT2D eigenvalue weighted by Crippen LogP contribution is -2.25. The lowest BCUT2D eigenvalue weighted by atomic mass is 10.3. The first-order valence-electron chi connectivity index (χ1n) is 6.40. The summed E-state index contributed by atoms with van der Waals surface area (Å²) in [6.45, 7) is 1.27. The molecule has 0 aliphatic heterocycles. The van der Waals surface area contributed by atoms with Crippen LogP contribution in [-0.2, 0) is 16.0 Å². The number of carbonyl (C=O) groups is 1. The van der Waals surface area contributed by atoms with Crippen LogP contribution in [-0.4, -0.2) is 36.3 Å². The van der Waals surface area contributed by atoms with Crippen LogP contribution in [0.5, 0.6) is 0 Å². The van der Waals surface area contributed by atoms with E-state index in [1.807, 2.05) is 16.8 Å². The number of aryl methyl sites for hydroxylation is 1. The maximum Gasteiger partial charge on any atom is 0.227 e. The Balaban J connectivity index is 1.73. The van der Waals surface area contributed by atoms with E-state index in [1.165, 1.54) is 0 Å². The van der Waals surface area contributed by atoms with Crippen LogP contribution in [0.3, 0.4) is 0 Å². The molecular formula is C13H17N3O3S. The van der Waals surface area contributed by atoms with Crippen LogP contribution in [0.4, 0.5) is 0 Å². The minimum Gasteiger partial charge on any atom is -0.385 e. The van der Waals surface area contributed by atoms with Gasteiger partial charge >= 0.3 is 0 Å². The summed E-state index contributed by atoms with van der Waals surface area (Å²) >= 11 is 1.58. The van der Waals surface area contributed by atoms with Gasteiger partial charge < -0.3 is 14.6 Å². The van der Waals surface area contributed by atoms with Crippen molar-refractivity contribution < 1.29 is 14.1 Å². The molecule has 0 aliphatic rings. The lowest BCUT2D eigenvalue weighted by Gasteiger charge is -2.02. The van der Waals surface area contributed by atoms with Crippen molar-refractivity contribution in [3.8, 4) is 11.4 Å². The Morgan fingerprint density at radius 1 is 1.55 bits per heavy atom. The van der Waals surface area contributed by atoms with Gasteiger partial charge in [-0.3, -0.25) is 4.79 Å². The van der Waals surface area contributed by atoms with E-state index in [1.54, 1.807) is 18.4 Å². The third-order valence-corrected chi connectivity index (χ3v) is 3.34. The average molecular weight is 295 g/mol. The van der Waals surface area contributed by atoms with E-state index in [0.717, 1.165) is 12.0 Å². The Bertz CT molecular complexity index is 525. The number of ether oxygens (including phenoxy) is 1. The second-order valence-corrected chi connectivity index (χ2v) is 5.00. The predicted molar refractivity (Wildman–Crippen MR) is 75.4 cm³/mol. The molecule has 0 aliphatic carbocycles. The first-order chi connectivity index (χ1) is 9.79. The standard InChI is InChI=1S/C13H17N3O3S/c1-18-7-2-6-14-11(17)3-4-12-15-13(16-19-12)10-5-8-20-9-10/h5,8-9H,2-4,6-7H2,1H3,(H,14,17). The highest BCUT2D eigenvalue weighted by Crippen LogP contribution is 2.18. The smallest absolute Gasteiger partial charge is 0.227 e. The zero-order valence-electron chi connectivity index (χ0n) is 11.3. The topological polar surface area (TPSA) is 77.2 Å². The highest BCUT2D eigenvalue weighted by Gasteiger charge is 2.10. The average Bonchev–Trinajstić information content (AvgIpc) is 3.11. The molecule has 7 heteroatoms. The quantitative estimate of drug-likeness (QED) is 0.752. The molecule has 1 amide bonds. The number of nitrogens with zero attached hydrogens (tertiary/aromatic N) is 2. The summed E-state index contributed by atoms with van der Waals surface area (Å²) < 4.78 is 10.0. The highest BCUT2D eigenvalue weighted by atomic mass is 32.1. The van der Waals surface area contributed by atoms with Gasteiger partial charge in [-0.2, -0.15) is 16.3 Å². The van der Waals surface area contributed by atoms with Gasteiger partial charge in [-0.15, -0.1) is 0 Å². The van der Waals surface area contributed by atoms with E-state index in [9.17, 15) is 4.79 Å². The van der Waals surface area contributed by atoms with Gasteiger partial charge in [0.15, 0.2) is 0 Å². The Morgan fingerprint density at radius 3 is 3.20 bits per heavy atom. The summed E-state index contributed by atoms with van der Waals surface area (Å²) in [7, 11) is 1.64. The second kappa shape index (κ2) is 7.76. The SMILES string of the molecule is COCCCNC(=O)CCc1nc(-c2ccsc2)no1. The molecule has 20 heavy (non-hydrogen) atoms. The van der Waals surface area contributed by atoms with Crippen LogP contribution in [0.2, 0.25) is 0 Å². The van der Waals surface area contributed by atoms with E-state index in [0.29, 0.717) is 37.7 Å². The molecular weight excluding hydrogens is 278 g/mol. The van der Waals surface area contributed by atoms with Crippen molar-refractivity contribution in [1.29, 1.82) is 0 Å². The highest BCUT2D eigenvalue weighted by molar-refractivity contribution is 7.08. The number of aromatic nitrogens is 2. The number of nitrogens with one attached hydrogen (secondary N) is 1. The number of methoxy groups -OCH3 is 1. The van der Waals surface area contributed by atoms with Gasteiger partial charge in [0.25, 0.3) is 0 Å². The number of carbonyl (C=O) groups excluding carboxylic acids is 1. The molecule has 0 spiro atoms. The van der Waals surface area contributed by atoms with Crippen molar-refractivity contribution in [2.75, 3.05) is 20.3 Å². The van der Waals surface area contributed by atoms with Crippen molar-refractivity contribution in [3.63, 3.8) is 0 Å². The van der Waals surface area contributed by atoms with Gasteiger partial charge in [-0.05, 0) is 17.9 Å². The van der Waals surface area contributed by atoms with E-state index in [2.05, 4.69) is 15.5 Å². The normalized spacial score (nSPS) is 10.7. The fraction of sp³-hybridized carbons (Fsp3) is 0.462. The third-order valence-electron chi connectivity index (χ3n) is 2.66. The zero-order valence-corrected chi connectivity index (χ0v) is 12.1. The van der Waals surface area contributed by atoms with Crippen molar-refractivity contribution in [2.24, 2.45) is 0 Å². The maximum absolute atomic E-state index is 11.6. The summed E-state index contributed by atoms with van der Waals surface area (Å²) in [6.07, 6.45) is 1.61. The first kappa shape index (κ1) is 14.7. The monoisotopic (exact) mass is 295 g/mol. The molecule has 0 saturated carbocycles. The number of hydrogen-bond acceptors (Lipinski definition) is 6. The lowest BCUT2D eigenvalue weighted by molar-refractivity contribution is -0.121. The van der Waals surface area contributed by atoms with Gasteiger partial charge in [0.05, 0.1) is 0 Å². The minimum absolute atomic E-state index is 0.0172. The maximum atomic E-state index is 11.6. The van der Waals surface area contributed by atoms with Crippen molar-refractivity contribution >= 4 is 17.2 Å². The van der Waals surface area contributed by atoms with Crippen molar-refractivity contribution in [3.05, 3.63) is 22.7 Å². The zero-order chi connectivity index (χ0) is 14.2. The molecule has 0 radical (unpaired) electrons. The molecule has 6 nitrogen and oxygen atoms in total. The van der Waals surface area contributed by atoms with Gasteiger partial charge in [-0.25, -0.2) is 0 Å². The van der Waals surface area contributed by atoms with Crippen LogP contribution in [0.1, 0.15) is 18.7 Å². The molecule has 0 fully saturated rings. The van der Waals surface area contributed by atoms with Crippen LogP contribution in [0, 0.1) is 0 Å². The minimum atomic E-state index is -0.0172. The Kier molecular flexibility index (Phi) is 5.69. The fourth-order valence-electron chi connectivity index (χ4n) is 1.62. The van der Waals surface area contributed by atoms with Crippen LogP contribution in [0.15, 0.2) is 21.3 Å². The van der Waals surface area contributed by atoms with E-state index < -0.39 is 0 Å². The second-order valence-electron chi connectivity index (χ2n) is 4.22. The van der Waals surface area contributed by atoms with E-state index in [4.69, 9.17) is 9.26 Å². The number of amides is 1. The van der Waals surface area contributed by atoms with E-state index >= 15 is 0 Å².